The third-order valence-corrected chi connectivity index (χ3v) is 3.60. The van der Waals surface area contributed by atoms with Crippen LogP contribution in [0.5, 0.6) is 0 Å². The standard InChI is InChI=1S/C12H14N4OS/c1-8-10(4-7-17-8)16-11(14-15-12(16)18)9-2-5-13-6-3-9/h2-3,5-6,8,10H,4,7H2,1H3,(H,15,18). The average molecular weight is 262 g/mol. The number of aromatic amines is 1. The Bertz CT molecular complexity index is 592. The van der Waals surface area contributed by atoms with E-state index in [-0.39, 0.29) is 12.1 Å². The van der Waals surface area contributed by atoms with Gasteiger partial charge >= 0.3 is 0 Å². The number of nitrogens with zero attached hydrogens (tertiary/aromatic N) is 3. The first-order valence-electron chi connectivity index (χ1n) is 5.96. The van der Waals surface area contributed by atoms with Crippen LogP contribution in [0.4, 0.5) is 0 Å². The van der Waals surface area contributed by atoms with Crippen molar-refractivity contribution in [3.8, 4) is 11.4 Å². The van der Waals surface area contributed by atoms with Crippen molar-refractivity contribution in [1.29, 1.82) is 0 Å². The predicted molar refractivity (Wildman–Crippen MR) is 69.7 cm³/mol. The highest BCUT2D eigenvalue weighted by Gasteiger charge is 2.28. The summed E-state index contributed by atoms with van der Waals surface area (Å²) in [6.07, 6.45) is 4.64. The zero-order valence-corrected chi connectivity index (χ0v) is 10.9. The van der Waals surface area contributed by atoms with E-state index in [1.165, 1.54) is 0 Å². The molecule has 1 aliphatic heterocycles. The molecule has 94 valence electrons. The maximum absolute atomic E-state index is 5.61. The maximum atomic E-state index is 5.61. The van der Waals surface area contributed by atoms with Crippen molar-refractivity contribution in [2.24, 2.45) is 0 Å². The van der Waals surface area contributed by atoms with Crippen LogP contribution in [0.25, 0.3) is 11.4 Å². The van der Waals surface area contributed by atoms with Gasteiger partial charge in [-0.05, 0) is 37.7 Å². The molecule has 0 spiro atoms. The van der Waals surface area contributed by atoms with Gasteiger partial charge in [-0.1, -0.05) is 0 Å². The van der Waals surface area contributed by atoms with Gasteiger partial charge in [-0.25, -0.2) is 0 Å². The quantitative estimate of drug-likeness (QED) is 0.844. The van der Waals surface area contributed by atoms with E-state index in [1.807, 2.05) is 12.1 Å². The summed E-state index contributed by atoms with van der Waals surface area (Å²) in [4.78, 5) is 4.02. The van der Waals surface area contributed by atoms with Crippen LogP contribution >= 0.6 is 12.2 Å². The van der Waals surface area contributed by atoms with Gasteiger partial charge in [-0.2, -0.15) is 5.10 Å². The Labute approximate surface area is 110 Å². The van der Waals surface area contributed by atoms with E-state index in [2.05, 4.69) is 26.7 Å². The van der Waals surface area contributed by atoms with E-state index in [0.717, 1.165) is 24.4 Å². The van der Waals surface area contributed by atoms with E-state index >= 15 is 0 Å². The minimum atomic E-state index is 0.162. The number of hydrogen-bond acceptors (Lipinski definition) is 4. The summed E-state index contributed by atoms with van der Waals surface area (Å²) < 4.78 is 8.31. The Morgan fingerprint density at radius 3 is 2.89 bits per heavy atom. The predicted octanol–water partition coefficient (Wildman–Crippen LogP) is 2.35. The summed E-state index contributed by atoms with van der Waals surface area (Å²) in [7, 11) is 0. The monoisotopic (exact) mass is 262 g/mol. The average Bonchev–Trinajstić information content (AvgIpc) is 2.96. The molecule has 6 heteroatoms. The molecule has 2 unspecified atom stereocenters. The zero-order chi connectivity index (χ0) is 12.5. The van der Waals surface area contributed by atoms with Gasteiger partial charge in [-0.3, -0.25) is 14.6 Å². The molecule has 2 aromatic rings. The van der Waals surface area contributed by atoms with E-state index in [1.54, 1.807) is 12.4 Å². The van der Waals surface area contributed by atoms with Gasteiger partial charge < -0.3 is 4.74 Å². The molecule has 0 aliphatic carbocycles. The molecule has 0 amide bonds. The van der Waals surface area contributed by atoms with Crippen LogP contribution in [0.2, 0.25) is 0 Å². The van der Waals surface area contributed by atoms with Crippen LogP contribution in [0.15, 0.2) is 24.5 Å². The van der Waals surface area contributed by atoms with Gasteiger partial charge in [-0.15, -0.1) is 0 Å². The van der Waals surface area contributed by atoms with Crippen LogP contribution in [-0.4, -0.2) is 32.5 Å². The van der Waals surface area contributed by atoms with Gasteiger partial charge in [0.05, 0.1) is 12.1 Å². The summed E-state index contributed by atoms with van der Waals surface area (Å²) in [6.45, 7) is 2.84. The Kier molecular flexibility index (Phi) is 2.97. The van der Waals surface area contributed by atoms with Crippen molar-refractivity contribution in [2.45, 2.75) is 25.5 Å². The van der Waals surface area contributed by atoms with Gasteiger partial charge in [0, 0.05) is 24.6 Å². The first kappa shape index (κ1) is 11.6. The molecule has 2 atom stereocenters. The summed E-state index contributed by atoms with van der Waals surface area (Å²) in [5, 5.41) is 7.20. The second kappa shape index (κ2) is 4.62. The summed E-state index contributed by atoms with van der Waals surface area (Å²) in [6, 6.07) is 4.11. The van der Waals surface area contributed by atoms with E-state index < -0.39 is 0 Å². The van der Waals surface area contributed by atoms with Crippen LogP contribution in [0.3, 0.4) is 0 Å². The first-order valence-corrected chi connectivity index (χ1v) is 6.37. The molecule has 3 rings (SSSR count). The number of nitrogens with one attached hydrogen (secondary N) is 1. The van der Waals surface area contributed by atoms with E-state index in [9.17, 15) is 0 Å². The lowest BCUT2D eigenvalue weighted by atomic mass is 10.1. The van der Waals surface area contributed by atoms with E-state index in [4.69, 9.17) is 17.0 Å². The van der Waals surface area contributed by atoms with Crippen molar-refractivity contribution >= 4 is 12.2 Å². The summed E-state index contributed by atoms with van der Waals surface area (Å²) >= 11 is 5.34. The van der Waals surface area contributed by atoms with Gasteiger partial charge in [0.25, 0.3) is 0 Å². The molecule has 2 aromatic heterocycles. The Balaban J connectivity index is 2.10. The molecular formula is C12H14N4OS. The third-order valence-electron chi connectivity index (χ3n) is 3.31. The highest BCUT2D eigenvalue weighted by atomic mass is 32.1. The molecule has 3 heterocycles. The zero-order valence-electron chi connectivity index (χ0n) is 10.0. The molecule has 1 saturated heterocycles. The Morgan fingerprint density at radius 1 is 1.44 bits per heavy atom. The second-order valence-corrected chi connectivity index (χ2v) is 4.78. The number of aromatic nitrogens is 4. The highest BCUT2D eigenvalue weighted by molar-refractivity contribution is 7.71. The number of pyridine rings is 1. The smallest absolute Gasteiger partial charge is 0.195 e. The Hall–Kier alpha value is -1.53. The molecule has 0 bridgehead atoms. The number of rotatable bonds is 2. The van der Waals surface area contributed by atoms with Gasteiger partial charge in [0.2, 0.25) is 0 Å². The first-order chi connectivity index (χ1) is 8.77. The summed E-state index contributed by atoms with van der Waals surface area (Å²) in [5.74, 6) is 0.852. The van der Waals surface area contributed by atoms with Crippen molar-refractivity contribution < 1.29 is 4.74 Å². The number of H-pyrrole nitrogens is 1. The largest absolute Gasteiger partial charge is 0.376 e. The van der Waals surface area contributed by atoms with E-state index in [0.29, 0.717) is 4.77 Å². The lowest BCUT2D eigenvalue weighted by Gasteiger charge is -2.17. The molecule has 0 aromatic carbocycles. The molecule has 1 aliphatic rings. The second-order valence-electron chi connectivity index (χ2n) is 4.39. The minimum Gasteiger partial charge on any atom is -0.376 e. The molecule has 1 fully saturated rings. The topological polar surface area (TPSA) is 55.7 Å². The Morgan fingerprint density at radius 2 is 2.22 bits per heavy atom. The fourth-order valence-electron chi connectivity index (χ4n) is 2.38. The fourth-order valence-corrected chi connectivity index (χ4v) is 2.64. The maximum Gasteiger partial charge on any atom is 0.195 e. The van der Waals surface area contributed by atoms with Crippen LogP contribution in [0.1, 0.15) is 19.4 Å². The van der Waals surface area contributed by atoms with Gasteiger partial charge in [0.15, 0.2) is 10.6 Å². The normalized spacial score (nSPS) is 23.4. The molecule has 5 nitrogen and oxygen atoms in total. The summed E-state index contributed by atoms with van der Waals surface area (Å²) in [5.41, 5.74) is 1.01. The SMILES string of the molecule is CC1OCCC1n1c(-c2ccncc2)n[nH]c1=S. The fraction of sp³-hybridized carbons (Fsp3) is 0.417. The highest BCUT2D eigenvalue weighted by Crippen LogP contribution is 2.30. The van der Waals surface area contributed by atoms with Crippen molar-refractivity contribution in [3.63, 3.8) is 0 Å². The third kappa shape index (κ3) is 1.87. The van der Waals surface area contributed by atoms with Gasteiger partial charge in [0.1, 0.15) is 0 Å². The minimum absolute atomic E-state index is 0.162. The lowest BCUT2D eigenvalue weighted by molar-refractivity contribution is 0.107. The van der Waals surface area contributed by atoms with Crippen LogP contribution in [-0.2, 0) is 4.74 Å². The van der Waals surface area contributed by atoms with Crippen molar-refractivity contribution in [1.82, 2.24) is 19.7 Å². The van der Waals surface area contributed by atoms with Crippen molar-refractivity contribution in [2.75, 3.05) is 6.61 Å². The molecular weight excluding hydrogens is 248 g/mol. The molecule has 18 heavy (non-hydrogen) atoms. The molecule has 0 saturated carbocycles. The number of ether oxygens (including phenoxy) is 1. The molecule has 1 N–H and O–H groups in total. The number of hydrogen-bond donors (Lipinski definition) is 1. The van der Waals surface area contributed by atoms with Crippen LogP contribution in [0, 0.1) is 4.77 Å². The molecule has 0 radical (unpaired) electrons. The lowest BCUT2D eigenvalue weighted by Crippen LogP contribution is -2.18. The van der Waals surface area contributed by atoms with Crippen molar-refractivity contribution in [3.05, 3.63) is 29.3 Å². The van der Waals surface area contributed by atoms with Crippen LogP contribution < -0.4 is 0 Å².